The van der Waals surface area contributed by atoms with E-state index in [1.807, 2.05) is 37.3 Å². The molecule has 0 aliphatic carbocycles. The molecule has 6 atom stereocenters. The third-order valence-electron chi connectivity index (χ3n) is 9.10. The largest absolute Gasteiger partial charge is 0.394 e. The molecule has 3 aliphatic heterocycles. The molecule has 1 aromatic rings. The van der Waals surface area contributed by atoms with Crippen LogP contribution in [0.5, 0.6) is 0 Å². The molecular formula is C32H45N3O5. The number of aliphatic hydroxyl groups excluding tert-OH is 1. The number of aliphatic hydroxyl groups is 1. The maximum Gasteiger partial charge on any atom is 0.248 e. The molecular weight excluding hydrogens is 506 g/mol. The highest BCUT2D eigenvalue weighted by molar-refractivity contribution is 5.99. The Balaban J connectivity index is 1.79. The molecule has 4 rings (SSSR count). The van der Waals surface area contributed by atoms with Crippen molar-refractivity contribution in [1.82, 2.24) is 14.7 Å². The Morgan fingerprint density at radius 1 is 1.15 bits per heavy atom. The van der Waals surface area contributed by atoms with Crippen molar-refractivity contribution < 1.29 is 24.2 Å². The summed E-state index contributed by atoms with van der Waals surface area (Å²) in [5, 5.41) is 10.6. The van der Waals surface area contributed by atoms with Crippen molar-refractivity contribution in [2.75, 3.05) is 33.3 Å². The molecule has 40 heavy (non-hydrogen) atoms. The molecule has 0 radical (unpaired) electrons. The third kappa shape index (κ3) is 5.12. The van der Waals surface area contributed by atoms with E-state index in [0.717, 1.165) is 24.8 Å². The van der Waals surface area contributed by atoms with Crippen molar-refractivity contribution in [2.24, 2.45) is 11.8 Å². The monoisotopic (exact) mass is 551 g/mol. The van der Waals surface area contributed by atoms with Gasteiger partial charge in [-0.1, -0.05) is 62.2 Å². The number of likely N-dealkylation sites (tertiary alicyclic amines) is 1. The van der Waals surface area contributed by atoms with E-state index in [0.29, 0.717) is 38.9 Å². The first-order chi connectivity index (χ1) is 19.2. The predicted octanol–water partition coefficient (Wildman–Crippen LogP) is 3.20. The summed E-state index contributed by atoms with van der Waals surface area (Å²) in [6, 6.07) is 8.09. The smallest absolute Gasteiger partial charge is 0.248 e. The van der Waals surface area contributed by atoms with Crippen molar-refractivity contribution in [3.63, 3.8) is 0 Å². The standard InChI is InChI=1S/C32H45N3O5/c1-6-9-13-20-34(19-8-3)30(39)27-32-17-16-31(4,40-32)25(28(37)33(5)18-7-2)26(32)29(38)35(27)24(22-36)21-23-14-11-10-12-15-23/h7-8,10-12,14-15,24-27,36H,2-3,6,9,13,16-22H2,1,4-5H3/t24-,25-,26+,27?,31+,32?/m1/s1. The van der Waals surface area contributed by atoms with Gasteiger partial charge in [0.1, 0.15) is 11.6 Å². The Hall–Kier alpha value is -2.97. The summed E-state index contributed by atoms with van der Waals surface area (Å²) in [6.45, 7) is 12.6. The van der Waals surface area contributed by atoms with E-state index in [9.17, 15) is 19.5 Å². The van der Waals surface area contributed by atoms with Gasteiger partial charge < -0.3 is 24.5 Å². The van der Waals surface area contributed by atoms with Crippen molar-refractivity contribution in [3.05, 3.63) is 61.2 Å². The van der Waals surface area contributed by atoms with Crippen molar-refractivity contribution in [3.8, 4) is 0 Å². The van der Waals surface area contributed by atoms with Crippen molar-refractivity contribution in [1.29, 1.82) is 0 Å². The maximum absolute atomic E-state index is 14.5. The fourth-order valence-corrected chi connectivity index (χ4v) is 7.24. The van der Waals surface area contributed by atoms with Crippen LogP contribution in [0, 0.1) is 11.8 Å². The number of amides is 3. The second-order valence-electron chi connectivity index (χ2n) is 11.8. The summed E-state index contributed by atoms with van der Waals surface area (Å²) in [5.74, 6) is -2.18. The average molecular weight is 552 g/mol. The quantitative estimate of drug-likeness (QED) is 0.283. The predicted molar refractivity (Wildman–Crippen MR) is 154 cm³/mol. The van der Waals surface area contributed by atoms with E-state index in [2.05, 4.69) is 20.1 Å². The van der Waals surface area contributed by atoms with Crippen LogP contribution in [-0.2, 0) is 25.5 Å². The van der Waals surface area contributed by atoms with Crippen LogP contribution >= 0.6 is 0 Å². The SMILES string of the molecule is C=CCN(C)C(=O)[C@H]1[C@H]2C(=O)N([C@@H](CO)Cc3ccccc3)C(C(=O)N(CC=C)CCCCC)C23CC[C@]1(C)O3. The lowest BCUT2D eigenvalue weighted by Crippen LogP contribution is -2.59. The van der Waals surface area contributed by atoms with E-state index in [-0.39, 0.29) is 24.3 Å². The van der Waals surface area contributed by atoms with Crippen molar-refractivity contribution in [2.45, 2.75) is 75.7 Å². The Labute approximate surface area is 238 Å². The highest BCUT2D eigenvalue weighted by Gasteiger charge is 2.78. The van der Waals surface area contributed by atoms with E-state index in [1.165, 1.54) is 0 Å². The molecule has 0 aromatic heterocycles. The summed E-state index contributed by atoms with van der Waals surface area (Å²) in [5.41, 5.74) is -1.03. The van der Waals surface area contributed by atoms with Crippen molar-refractivity contribution >= 4 is 17.7 Å². The van der Waals surface area contributed by atoms with Gasteiger partial charge in [0, 0.05) is 26.7 Å². The molecule has 3 heterocycles. The molecule has 1 spiro atoms. The molecule has 3 amide bonds. The zero-order valence-corrected chi connectivity index (χ0v) is 24.3. The number of hydrogen-bond donors (Lipinski definition) is 1. The molecule has 0 saturated carbocycles. The van der Waals surface area contributed by atoms with Gasteiger partial charge in [-0.2, -0.15) is 0 Å². The molecule has 1 N–H and O–H groups in total. The molecule has 2 unspecified atom stereocenters. The first-order valence-corrected chi connectivity index (χ1v) is 14.6. The van der Waals surface area contributed by atoms with Gasteiger partial charge in [0.25, 0.3) is 0 Å². The maximum atomic E-state index is 14.5. The number of ether oxygens (including phenoxy) is 1. The second kappa shape index (κ2) is 12.3. The van der Waals surface area contributed by atoms with Crippen LogP contribution in [0.4, 0.5) is 0 Å². The van der Waals surface area contributed by atoms with E-state index in [1.54, 1.807) is 33.9 Å². The first-order valence-electron chi connectivity index (χ1n) is 14.6. The Bertz CT molecular complexity index is 1110. The molecule has 218 valence electrons. The van der Waals surface area contributed by atoms with Gasteiger partial charge in [0.15, 0.2) is 0 Å². The summed E-state index contributed by atoms with van der Waals surface area (Å²) in [7, 11) is 1.71. The average Bonchev–Trinajstić information content (AvgIpc) is 3.52. The Kier molecular flexibility index (Phi) is 9.20. The number of likely N-dealkylation sites (N-methyl/N-ethyl adjacent to an activating group) is 1. The fraction of sp³-hybridized carbons (Fsp3) is 0.594. The minimum Gasteiger partial charge on any atom is -0.394 e. The van der Waals surface area contributed by atoms with Crippen LogP contribution < -0.4 is 0 Å². The molecule has 3 fully saturated rings. The molecule has 3 saturated heterocycles. The number of unbranched alkanes of at least 4 members (excludes halogenated alkanes) is 2. The number of carbonyl (C=O) groups excluding carboxylic acids is 3. The first kappa shape index (κ1) is 30.0. The van der Waals surface area contributed by atoms with Crippen LogP contribution in [0.25, 0.3) is 0 Å². The van der Waals surface area contributed by atoms with Crippen LogP contribution in [0.1, 0.15) is 51.5 Å². The number of fused-ring (bicyclic) bond motifs is 1. The second-order valence-corrected chi connectivity index (χ2v) is 11.8. The number of benzene rings is 1. The van der Waals surface area contributed by atoms with E-state index >= 15 is 0 Å². The van der Waals surface area contributed by atoms with Gasteiger partial charge in [-0.05, 0) is 38.2 Å². The molecule has 8 heteroatoms. The van der Waals surface area contributed by atoms with E-state index < -0.39 is 35.1 Å². The molecule has 1 aromatic carbocycles. The highest BCUT2D eigenvalue weighted by atomic mass is 16.5. The van der Waals surface area contributed by atoms with Gasteiger partial charge in [-0.3, -0.25) is 14.4 Å². The van der Waals surface area contributed by atoms with Gasteiger partial charge in [0.2, 0.25) is 17.7 Å². The lowest BCUT2D eigenvalue weighted by atomic mass is 9.66. The van der Waals surface area contributed by atoms with Crippen LogP contribution in [0.2, 0.25) is 0 Å². The minimum atomic E-state index is -1.13. The fourth-order valence-electron chi connectivity index (χ4n) is 7.24. The summed E-state index contributed by atoms with van der Waals surface area (Å²) < 4.78 is 6.78. The number of carbonyl (C=O) groups is 3. The number of nitrogens with zero attached hydrogens (tertiary/aromatic N) is 3. The molecule has 8 nitrogen and oxygen atoms in total. The highest BCUT2D eigenvalue weighted by Crippen LogP contribution is 2.63. The topological polar surface area (TPSA) is 90.4 Å². The van der Waals surface area contributed by atoms with Crippen LogP contribution in [-0.4, -0.2) is 94.1 Å². The Morgan fingerprint density at radius 3 is 2.48 bits per heavy atom. The normalized spacial score (nSPS) is 29.2. The van der Waals surface area contributed by atoms with Crippen LogP contribution in [0.3, 0.4) is 0 Å². The zero-order chi connectivity index (χ0) is 29.1. The van der Waals surface area contributed by atoms with Gasteiger partial charge in [-0.25, -0.2) is 0 Å². The lowest BCUT2D eigenvalue weighted by Gasteiger charge is -2.39. The lowest BCUT2D eigenvalue weighted by molar-refractivity contribution is -0.156. The van der Waals surface area contributed by atoms with Gasteiger partial charge in [0.05, 0.1) is 30.1 Å². The third-order valence-corrected chi connectivity index (χ3v) is 9.10. The molecule has 2 bridgehead atoms. The summed E-state index contributed by atoms with van der Waals surface area (Å²) >= 11 is 0. The van der Waals surface area contributed by atoms with E-state index in [4.69, 9.17) is 4.74 Å². The van der Waals surface area contributed by atoms with Gasteiger partial charge >= 0.3 is 0 Å². The summed E-state index contributed by atoms with van der Waals surface area (Å²) in [6.07, 6.45) is 7.67. The molecule has 3 aliphatic rings. The zero-order valence-electron chi connectivity index (χ0n) is 24.3. The minimum absolute atomic E-state index is 0.176. The number of rotatable bonds is 14. The number of hydrogen-bond acceptors (Lipinski definition) is 5. The summed E-state index contributed by atoms with van der Waals surface area (Å²) in [4.78, 5) is 47.8. The Morgan fingerprint density at radius 2 is 1.85 bits per heavy atom. The van der Waals surface area contributed by atoms with Gasteiger partial charge in [-0.15, -0.1) is 13.2 Å². The van der Waals surface area contributed by atoms with Crippen LogP contribution in [0.15, 0.2) is 55.6 Å².